The number of hydrogen-bond donors (Lipinski definition) is 0. The smallest absolute Gasteiger partial charge is 0.324 e. The first kappa shape index (κ1) is 9.43. The van der Waals surface area contributed by atoms with Crippen LogP contribution in [0.1, 0.15) is 27.7 Å². The van der Waals surface area contributed by atoms with Crippen LogP contribution < -0.4 is 5.73 Å². The molecule has 10 heavy (non-hydrogen) atoms. The molecule has 0 rings (SSSR count). The highest BCUT2D eigenvalue weighted by Crippen LogP contribution is 2.07. The summed E-state index contributed by atoms with van der Waals surface area (Å²) in [7, 11) is 0. The van der Waals surface area contributed by atoms with Crippen LogP contribution in [0.4, 0.5) is 0 Å². The Kier molecular flexibility index (Phi) is 2.84. The Morgan fingerprint density at radius 2 is 1.90 bits per heavy atom. The maximum absolute atomic E-state index is 10.7. The van der Waals surface area contributed by atoms with Crippen LogP contribution in [0.15, 0.2) is 0 Å². The van der Waals surface area contributed by atoms with Gasteiger partial charge in [0.25, 0.3) is 0 Å². The first-order chi connectivity index (χ1) is 4.33. The molecule has 0 spiro atoms. The van der Waals surface area contributed by atoms with E-state index in [0.717, 1.165) is 0 Å². The van der Waals surface area contributed by atoms with Gasteiger partial charge in [-0.15, -0.1) is 0 Å². The standard InChI is InChI=1S/C7H14NO2/c1-5(8)6(9)10-7(2,3)4/h5,8H,1-4H3. The summed E-state index contributed by atoms with van der Waals surface area (Å²) in [4.78, 5) is 10.7. The van der Waals surface area contributed by atoms with Crippen molar-refractivity contribution in [3.05, 3.63) is 0 Å². The fourth-order valence-electron chi connectivity index (χ4n) is 0.390. The van der Waals surface area contributed by atoms with Gasteiger partial charge in [0.2, 0.25) is 0 Å². The number of esters is 1. The fraction of sp³-hybridized carbons (Fsp3) is 0.857. The molecule has 0 fully saturated rings. The molecule has 3 heteroatoms. The molecule has 1 radical (unpaired) electrons. The summed E-state index contributed by atoms with van der Waals surface area (Å²) in [6.07, 6.45) is 0. The summed E-state index contributed by atoms with van der Waals surface area (Å²) in [5.41, 5.74) is 6.52. The normalized spacial score (nSPS) is 14.5. The van der Waals surface area contributed by atoms with Gasteiger partial charge in [0.15, 0.2) is 0 Å². The first-order valence-electron chi connectivity index (χ1n) is 3.27. The van der Waals surface area contributed by atoms with Crippen LogP contribution in [-0.4, -0.2) is 17.6 Å². The van der Waals surface area contributed by atoms with Crippen molar-refractivity contribution in [1.29, 1.82) is 0 Å². The van der Waals surface area contributed by atoms with Crippen molar-refractivity contribution in [2.75, 3.05) is 0 Å². The monoisotopic (exact) mass is 144 g/mol. The lowest BCUT2D eigenvalue weighted by Crippen LogP contribution is -2.30. The molecule has 0 aromatic carbocycles. The number of nitrogens with one attached hydrogen (secondary N) is 1. The van der Waals surface area contributed by atoms with Gasteiger partial charge in [-0.2, -0.15) is 0 Å². The van der Waals surface area contributed by atoms with Crippen LogP contribution >= 0.6 is 0 Å². The molecule has 0 saturated carbocycles. The van der Waals surface area contributed by atoms with Crippen molar-refractivity contribution in [1.82, 2.24) is 5.73 Å². The summed E-state index contributed by atoms with van der Waals surface area (Å²) < 4.78 is 4.87. The molecule has 0 aliphatic rings. The average molecular weight is 144 g/mol. The molecular weight excluding hydrogens is 130 g/mol. The lowest BCUT2D eigenvalue weighted by molar-refractivity contribution is -0.156. The highest BCUT2D eigenvalue weighted by Gasteiger charge is 2.18. The third-order valence-electron chi connectivity index (χ3n) is 0.760. The minimum atomic E-state index is -0.778. The zero-order valence-corrected chi connectivity index (χ0v) is 6.89. The molecule has 59 valence electrons. The number of carbonyl (C=O) groups is 1. The highest BCUT2D eigenvalue weighted by atomic mass is 16.6. The second kappa shape index (κ2) is 3.01. The van der Waals surface area contributed by atoms with E-state index in [1.165, 1.54) is 6.92 Å². The van der Waals surface area contributed by atoms with Crippen molar-refractivity contribution in [2.24, 2.45) is 0 Å². The molecule has 0 bridgehead atoms. The molecule has 0 amide bonds. The molecule has 0 aromatic heterocycles. The number of ether oxygens (including phenoxy) is 1. The second-order valence-corrected chi connectivity index (χ2v) is 3.26. The Morgan fingerprint density at radius 1 is 1.50 bits per heavy atom. The summed E-state index contributed by atoms with van der Waals surface area (Å²) in [5, 5.41) is 0. The molecule has 0 aromatic rings. The zero-order valence-electron chi connectivity index (χ0n) is 6.89. The summed E-state index contributed by atoms with van der Waals surface area (Å²) in [6.45, 7) is 6.85. The molecule has 0 heterocycles. The van der Waals surface area contributed by atoms with Crippen LogP contribution in [0.2, 0.25) is 0 Å². The lowest BCUT2D eigenvalue weighted by atomic mass is 10.2. The predicted molar refractivity (Wildman–Crippen MR) is 38.4 cm³/mol. The molecular formula is C7H14NO2. The molecule has 1 unspecified atom stereocenters. The van der Waals surface area contributed by atoms with E-state index in [4.69, 9.17) is 10.5 Å². The van der Waals surface area contributed by atoms with E-state index >= 15 is 0 Å². The average Bonchev–Trinajstić information content (AvgIpc) is 1.60. The Hall–Kier alpha value is -0.570. The molecule has 1 atom stereocenters. The highest BCUT2D eigenvalue weighted by molar-refractivity contribution is 5.75. The zero-order chi connectivity index (χ0) is 8.36. The van der Waals surface area contributed by atoms with E-state index in [-0.39, 0.29) is 0 Å². The predicted octanol–water partition coefficient (Wildman–Crippen LogP) is 0.999. The van der Waals surface area contributed by atoms with Gasteiger partial charge >= 0.3 is 5.97 Å². The maximum atomic E-state index is 10.7. The Bertz CT molecular complexity index is 124. The van der Waals surface area contributed by atoms with Gasteiger partial charge in [-0.25, -0.2) is 5.73 Å². The van der Waals surface area contributed by atoms with Gasteiger partial charge in [-0.3, -0.25) is 4.79 Å². The van der Waals surface area contributed by atoms with Crippen molar-refractivity contribution < 1.29 is 9.53 Å². The summed E-state index contributed by atoms with van der Waals surface area (Å²) >= 11 is 0. The molecule has 0 aliphatic carbocycles. The summed E-state index contributed by atoms with van der Waals surface area (Å²) in [6, 6.07) is -0.778. The third kappa shape index (κ3) is 4.32. The van der Waals surface area contributed by atoms with Crippen molar-refractivity contribution >= 4 is 5.97 Å². The van der Waals surface area contributed by atoms with Crippen LogP contribution in [-0.2, 0) is 9.53 Å². The minimum Gasteiger partial charge on any atom is -0.459 e. The molecule has 3 nitrogen and oxygen atoms in total. The molecule has 0 saturated heterocycles. The number of rotatable bonds is 1. The van der Waals surface area contributed by atoms with E-state index in [9.17, 15) is 4.79 Å². The van der Waals surface area contributed by atoms with E-state index in [1.54, 1.807) is 20.8 Å². The van der Waals surface area contributed by atoms with E-state index in [2.05, 4.69) is 0 Å². The van der Waals surface area contributed by atoms with Gasteiger partial charge in [0.1, 0.15) is 11.6 Å². The van der Waals surface area contributed by atoms with Gasteiger partial charge in [0, 0.05) is 0 Å². The van der Waals surface area contributed by atoms with E-state index in [1.807, 2.05) is 0 Å². The van der Waals surface area contributed by atoms with Crippen LogP contribution in [0.3, 0.4) is 0 Å². The van der Waals surface area contributed by atoms with E-state index in [0.29, 0.717) is 0 Å². The summed E-state index contributed by atoms with van der Waals surface area (Å²) in [5.74, 6) is -0.465. The van der Waals surface area contributed by atoms with Crippen LogP contribution in [0, 0.1) is 0 Å². The van der Waals surface area contributed by atoms with Gasteiger partial charge in [0.05, 0.1) is 0 Å². The van der Waals surface area contributed by atoms with Gasteiger partial charge < -0.3 is 4.74 Å². The topological polar surface area (TPSA) is 50.1 Å². The SMILES string of the molecule is CC([NH])C(=O)OC(C)(C)C. The van der Waals surface area contributed by atoms with Crippen molar-refractivity contribution in [3.63, 3.8) is 0 Å². The largest absolute Gasteiger partial charge is 0.459 e. The van der Waals surface area contributed by atoms with Crippen LogP contribution in [0.5, 0.6) is 0 Å². The van der Waals surface area contributed by atoms with Crippen molar-refractivity contribution in [3.8, 4) is 0 Å². The quantitative estimate of drug-likeness (QED) is 0.515. The lowest BCUT2D eigenvalue weighted by Gasteiger charge is -2.20. The van der Waals surface area contributed by atoms with Gasteiger partial charge in [-0.1, -0.05) is 0 Å². The first-order valence-corrected chi connectivity index (χ1v) is 3.27. The van der Waals surface area contributed by atoms with E-state index < -0.39 is 17.6 Å². The Labute approximate surface area is 61.5 Å². The van der Waals surface area contributed by atoms with Gasteiger partial charge in [-0.05, 0) is 27.7 Å². The molecule has 0 aliphatic heterocycles. The van der Waals surface area contributed by atoms with Crippen molar-refractivity contribution in [2.45, 2.75) is 39.3 Å². The van der Waals surface area contributed by atoms with Crippen LogP contribution in [0.25, 0.3) is 0 Å². The fourth-order valence-corrected chi connectivity index (χ4v) is 0.390. The third-order valence-corrected chi connectivity index (χ3v) is 0.760. The second-order valence-electron chi connectivity index (χ2n) is 3.26. The molecule has 1 N–H and O–H groups in total. The number of hydrogen-bond acceptors (Lipinski definition) is 2. The Balaban J connectivity index is 3.81. The number of carbonyl (C=O) groups excluding carboxylic acids is 1. The maximum Gasteiger partial charge on any atom is 0.324 e. The Morgan fingerprint density at radius 3 is 2.00 bits per heavy atom. The minimum absolute atomic E-state index is 0.465.